The van der Waals surface area contributed by atoms with E-state index in [0.29, 0.717) is 11.6 Å². The molecule has 28 heavy (non-hydrogen) atoms. The monoisotopic (exact) mass is 398 g/mol. The van der Waals surface area contributed by atoms with Crippen LogP contribution in [0.4, 0.5) is 21.7 Å². The summed E-state index contributed by atoms with van der Waals surface area (Å²) in [6.07, 6.45) is 1.49. The Morgan fingerprint density at radius 3 is 2.36 bits per heavy atom. The number of benzene rings is 2. The third kappa shape index (κ3) is 4.84. The molecule has 0 atom stereocenters. The number of carbonyl (C=O) groups is 1. The molecule has 0 spiro atoms. The number of halogens is 2. The van der Waals surface area contributed by atoms with Crippen molar-refractivity contribution in [2.75, 3.05) is 10.6 Å². The first-order chi connectivity index (χ1) is 13.2. The molecule has 0 fully saturated rings. The highest BCUT2D eigenvalue weighted by atomic mass is 35.5. The molecule has 0 unspecified atom stereocenters. The van der Waals surface area contributed by atoms with Gasteiger partial charge in [0.2, 0.25) is 5.95 Å². The molecule has 2 aromatic carbocycles. The molecule has 0 aliphatic rings. The van der Waals surface area contributed by atoms with Gasteiger partial charge in [0, 0.05) is 17.6 Å². The molecule has 3 rings (SSSR count). The van der Waals surface area contributed by atoms with Gasteiger partial charge in [-0.1, -0.05) is 44.5 Å². The van der Waals surface area contributed by atoms with Crippen LogP contribution in [0.1, 0.15) is 36.8 Å². The Balaban J connectivity index is 1.72. The van der Waals surface area contributed by atoms with Gasteiger partial charge in [-0.2, -0.15) is 0 Å². The fourth-order valence-corrected chi connectivity index (χ4v) is 2.68. The van der Waals surface area contributed by atoms with Gasteiger partial charge in [-0.3, -0.25) is 4.79 Å². The van der Waals surface area contributed by atoms with Crippen LogP contribution in [0.25, 0.3) is 0 Å². The summed E-state index contributed by atoms with van der Waals surface area (Å²) >= 11 is 5.74. The summed E-state index contributed by atoms with van der Waals surface area (Å²) in [5.74, 6) is -0.699. The molecule has 2 N–H and O–H groups in total. The van der Waals surface area contributed by atoms with Crippen molar-refractivity contribution in [2.45, 2.75) is 26.2 Å². The molecule has 3 aromatic rings. The number of nitrogens with zero attached hydrogens (tertiary/aromatic N) is 2. The average Bonchev–Trinajstić information content (AvgIpc) is 2.65. The number of carbonyl (C=O) groups excluding carboxylic acids is 1. The van der Waals surface area contributed by atoms with Crippen molar-refractivity contribution in [3.05, 3.63) is 76.8 Å². The maximum atomic E-state index is 13.2. The molecular weight excluding hydrogens is 379 g/mol. The first-order valence-electron chi connectivity index (χ1n) is 8.69. The normalized spacial score (nSPS) is 11.2. The van der Waals surface area contributed by atoms with Gasteiger partial charge in [0.1, 0.15) is 11.5 Å². The molecule has 144 valence electrons. The number of anilines is 3. The van der Waals surface area contributed by atoms with Crippen molar-refractivity contribution in [1.82, 2.24) is 9.97 Å². The van der Waals surface area contributed by atoms with Gasteiger partial charge >= 0.3 is 0 Å². The molecule has 7 heteroatoms. The van der Waals surface area contributed by atoms with Crippen LogP contribution in [0.3, 0.4) is 0 Å². The highest BCUT2D eigenvalue weighted by Crippen LogP contribution is 2.24. The van der Waals surface area contributed by atoms with E-state index in [9.17, 15) is 9.18 Å². The van der Waals surface area contributed by atoms with E-state index in [-0.39, 0.29) is 16.1 Å². The van der Waals surface area contributed by atoms with Crippen molar-refractivity contribution in [3.63, 3.8) is 0 Å². The van der Waals surface area contributed by atoms with Crippen LogP contribution in [-0.4, -0.2) is 15.9 Å². The number of hydrogen-bond acceptors (Lipinski definition) is 4. The van der Waals surface area contributed by atoms with Gasteiger partial charge in [-0.05, 0) is 47.4 Å². The highest BCUT2D eigenvalue weighted by molar-refractivity contribution is 6.31. The zero-order valence-electron chi connectivity index (χ0n) is 15.8. The predicted octanol–water partition coefficient (Wildman–Crippen LogP) is 5.56. The lowest BCUT2D eigenvalue weighted by Crippen LogP contribution is -2.15. The van der Waals surface area contributed by atoms with Gasteiger partial charge in [-0.25, -0.2) is 14.4 Å². The SMILES string of the molecule is CC(C)(C)c1ccc(Nc2nccc(C(=O)Nc3ccc(F)c(Cl)c3)n2)cc1. The van der Waals surface area contributed by atoms with Gasteiger partial charge in [0.05, 0.1) is 5.02 Å². The Bertz CT molecular complexity index is 1000. The second-order valence-corrected chi connectivity index (χ2v) is 7.71. The lowest BCUT2D eigenvalue weighted by molar-refractivity contribution is 0.102. The standard InChI is InChI=1S/C21H20ClFN4O/c1-21(2,3)13-4-6-14(7-5-13)26-20-24-11-10-18(27-20)19(28)25-15-8-9-17(23)16(22)12-15/h4-12H,1-3H3,(H,25,28)(H,24,26,27). The largest absolute Gasteiger partial charge is 0.324 e. The van der Waals surface area contributed by atoms with Gasteiger partial charge < -0.3 is 10.6 Å². The van der Waals surface area contributed by atoms with E-state index in [1.165, 1.54) is 36.0 Å². The lowest BCUT2D eigenvalue weighted by atomic mass is 9.87. The minimum Gasteiger partial charge on any atom is -0.324 e. The van der Waals surface area contributed by atoms with Crippen molar-refractivity contribution in [3.8, 4) is 0 Å². The molecule has 0 radical (unpaired) electrons. The zero-order valence-corrected chi connectivity index (χ0v) is 16.5. The Kier molecular flexibility index (Phi) is 5.61. The predicted molar refractivity (Wildman–Crippen MR) is 110 cm³/mol. The summed E-state index contributed by atoms with van der Waals surface area (Å²) in [5, 5.41) is 5.65. The molecular formula is C21H20ClFN4O. The minimum absolute atomic E-state index is 0.0658. The van der Waals surface area contributed by atoms with Crippen LogP contribution in [0.5, 0.6) is 0 Å². The molecule has 0 aliphatic carbocycles. The second-order valence-electron chi connectivity index (χ2n) is 7.30. The summed E-state index contributed by atoms with van der Waals surface area (Å²) in [7, 11) is 0. The molecule has 5 nitrogen and oxygen atoms in total. The fourth-order valence-electron chi connectivity index (χ4n) is 2.50. The summed E-state index contributed by atoms with van der Waals surface area (Å²) in [4.78, 5) is 20.8. The summed E-state index contributed by atoms with van der Waals surface area (Å²) < 4.78 is 13.2. The lowest BCUT2D eigenvalue weighted by Gasteiger charge is -2.19. The number of hydrogen-bond donors (Lipinski definition) is 2. The first kappa shape index (κ1) is 19.8. The van der Waals surface area contributed by atoms with Crippen molar-refractivity contribution in [2.24, 2.45) is 0 Å². The summed E-state index contributed by atoms with van der Waals surface area (Å²) in [6.45, 7) is 6.44. The van der Waals surface area contributed by atoms with Crippen LogP contribution in [0, 0.1) is 5.82 Å². The van der Waals surface area contributed by atoms with Crippen molar-refractivity contribution < 1.29 is 9.18 Å². The number of rotatable bonds is 4. The van der Waals surface area contributed by atoms with E-state index < -0.39 is 11.7 Å². The molecule has 0 saturated carbocycles. The van der Waals surface area contributed by atoms with E-state index in [4.69, 9.17) is 11.6 Å². The van der Waals surface area contributed by atoms with Gasteiger partial charge in [0.15, 0.2) is 0 Å². The van der Waals surface area contributed by atoms with E-state index >= 15 is 0 Å². The number of amides is 1. The van der Waals surface area contributed by atoms with Crippen LogP contribution in [0.2, 0.25) is 5.02 Å². The molecule has 1 aromatic heterocycles. The third-order valence-corrected chi connectivity index (χ3v) is 4.36. The van der Waals surface area contributed by atoms with E-state index in [2.05, 4.69) is 41.4 Å². The van der Waals surface area contributed by atoms with Crippen molar-refractivity contribution >= 4 is 34.8 Å². The Morgan fingerprint density at radius 1 is 1.04 bits per heavy atom. The molecule has 1 amide bonds. The maximum Gasteiger partial charge on any atom is 0.274 e. The highest BCUT2D eigenvalue weighted by Gasteiger charge is 2.14. The maximum absolute atomic E-state index is 13.2. The van der Waals surface area contributed by atoms with Crippen molar-refractivity contribution in [1.29, 1.82) is 0 Å². The Labute approximate surface area is 168 Å². The van der Waals surface area contributed by atoms with Crippen LogP contribution < -0.4 is 10.6 Å². The van der Waals surface area contributed by atoms with Gasteiger partial charge in [0.25, 0.3) is 5.91 Å². The molecule has 0 aliphatic heterocycles. The minimum atomic E-state index is -0.550. The number of nitrogens with one attached hydrogen (secondary N) is 2. The third-order valence-electron chi connectivity index (χ3n) is 4.07. The molecule has 1 heterocycles. The quantitative estimate of drug-likeness (QED) is 0.603. The first-order valence-corrected chi connectivity index (χ1v) is 9.07. The summed E-state index contributed by atoms with van der Waals surface area (Å²) in [6, 6.07) is 13.4. The second kappa shape index (κ2) is 7.94. The molecule has 0 bridgehead atoms. The van der Waals surface area contributed by atoms with E-state index in [1.807, 2.05) is 24.3 Å². The fraction of sp³-hybridized carbons (Fsp3) is 0.190. The van der Waals surface area contributed by atoms with Crippen LogP contribution in [0.15, 0.2) is 54.7 Å². The molecule has 0 saturated heterocycles. The Hall–Kier alpha value is -2.99. The van der Waals surface area contributed by atoms with Gasteiger partial charge in [-0.15, -0.1) is 0 Å². The number of aromatic nitrogens is 2. The summed E-state index contributed by atoms with van der Waals surface area (Å²) in [5.41, 5.74) is 2.64. The van der Waals surface area contributed by atoms with E-state index in [1.54, 1.807) is 0 Å². The Morgan fingerprint density at radius 2 is 1.71 bits per heavy atom. The smallest absolute Gasteiger partial charge is 0.274 e. The topological polar surface area (TPSA) is 66.9 Å². The van der Waals surface area contributed by atoms with Crippen LogP contribution >= 0.6 is 11.6 Å². The average molecular weight is 399 g/mol. The van der Waals surface area contributed by atoms with Crippen LogP contribution in [-0.2, 0) is 5.41 Å². The zero-order chi connectivity index (χ0) is 20.3. The van der Waals surface area contributed by atoms with E-state index in [0.717, 1.165) is 5.69 Å².